The number of nitrogens with zero attached hydrogens (tertiary/aromatic N) is 2. The van der Waals surface area contributed by atoms with Gasteiger partial charge >= 0.3 is 0 Å². The Hall–Kier alpha value is -0.430. The highest BCUT2D eigenvalue weighted by Crippen LogP contribution is 1.95. The number of aromatic nitrogens is 2. The SMILES string of the molecule is CNCCCCn1cncc(I)c1=O. The highest BCUT2D eigenvalue weighted by molar-refractivity contribution is 14.1. The van der Waals surface area contributed by atoms with Crippen LogP contribution in [0.1, 0.15) is 12.8 Å². The second kappa shape index (κ2) is 6.13. The number of aryl methyl sites for hydroxylation is 1. The van der Waals surface area contributed by atoms with Crippen LogP contribution < -0.4 is 10.9 Å². The van der Waals surface area contributed by atoms with Crippen LogP contribution in [0.2, 0.25) is 0 Å². The third-order valence-corrected chi connectivity index (χ3v) is 2.67. The molecule has 0 aliphatic rings. The number of rotatable bonds is 5. The molecule has 0 bridgehead atoms. The van der Waals surface area contributed by atoms with Crippen LogP contribution in [0.5, 0.6) is 0 Å². The Morgan fingerprint density at radius 3 is 3.07 bits per heavy atom. The second-order valence-electron chi connectivity index (χ2n) is 3.05. The number of hydrogen-bond acceptors (Lipinski definition) is 3. The molecular formula is C9H14IN3O. The van der Waals surface area contributed by atoms with Crippen molar-refractivity contribution in [1.82, 2.24) is 14.9 Å². The number of hydrogen-bond donors (Lipinski definition) is 1. The van der Waals surface area contributed by atoms with Gasteiger partial charge in [0.2, 0.25) is 0 Å². The van der Waals surface area contributed by atoms with Gasteiger partial charge in [-0.2, -0.15) is 0 Å². The minimum Gasteiger partial charge on any atom is -0.320 e. The van der Waals surface area contributed by atoms with Crippen molar-refractivity contribution < 1.29 is 0 Å². The molecule has 0 aromatic carbocycles. The summed E-state index contributed by atoms with van der Waals surface area (Å²) in [4.78, 5) is 15.5. The summed E-state index contributed by atoms with van der Waals surface area (Å²) in [6.45, 7) is 1.75. The van der Waals surface area contributed by atoms with E-state index in [9.17, 15) is 4.79 Å². The van der Waals surface area contributed by atoms with E-state index in [0.29, 0.717) is 3.57 Å². The zero-order valence-corrected chi connectivity index (χ0v) is 10.3. The van der Waals surface area contributed by atoms with E-state index in [0.717, 1.165) is 25.9 Å². The Bertz CT molecular complexity index is 337. The van der Waals surface area contributed by atoms with Gasteiger partial charge in [0.05, 0.1) is 9.90 Å². The molecule has 5 heteroatoms. The summed E-state index contributed by atoms with van der Waals surface area (Å²) in [5, 5.41) is 3.08. The summed E-state index contributed by atoms with van der Waals surface area (Å²) in [6, 6.07) is 0. The number of nitrogens with one attached hydrogen (secondary N) is 1. The molecule has 0 fully saturated rings. The zero-order valence-electron chi connectivity index (χ0n) is 8.16. The summed E-state index contributed by atoms with van der Waals surface area (Å²) < 4.78 is 2.34. The lowest BCUT2D eigenvalue weighted by molar-refractivity contribution is 0.570. The summed E-state index contributed by atoms with van der Waals surface area (Å²) >= 11 is 2.01. The molecule has 78 valence electrons. The molecular weight excluding hydrogens is 293 g/mol. The first kappa shape index (κ1) is 11.6. The Kier molecular flexibility index (Phi) is 5.10. The van der Waals surface area contributed by atoms with Gasteiger partial charge in [-0.15, -0.1) is 0 Å². The smallest absolute Gasteiger partial charge is 0.266 e. The maximum atomic E-state index is 11.5. The summed E-state index contributed by atoms with van der Waals surface area (Å²) in [5.41, 5.74) is 0.0602. The first-order chi connectivity index (χ1) is 6.75. The van der Waals surface area contributed by atoms with Gasteiger partial charge in [-0.25, -0.2) is 4.98 Å². The predicted molar refractivity (Wildman–Crippen MR) is 64.4 cm³/mol. The fraction of sp³-hybridized carbons (Fsp3) is 0.556. The molecule has 0 atom stereocenters. The van der Waals surface area contributed by atoms with Gasteiger partial charge in [0.1, 0.15) is 0 Å². The second-order valence-corrected chi connectivity index (χ2v) is 4.21. The molecule has 14 heavy (non-hydrogen) atoms. The molecule has 0 saturated heterocycles. The summed E-state index contributed by atoms with van der Waals surface area (Å²) in [6.07, 6.45) is 5.27. The molecule has 1 heterocycles. The van der Waals surface area contributed by atoms with Crippen molar-refractivity contribution in [2.45, 2.75) is 19.4 Å². The molecule has 1 rings (SSSR count). The Labute approximate surface area is 96.9 Å². The number of unbranched alkanes of at least 4 members (excludes halogenated alkanes) is 1. The minimum absolute atomic E-state index is 0.0602. The molecule has 1 aromatic rings. The molecule has 0 amide bonds. The van der Waals surface area contributed by atoms with E-state index < -0.39 is 0 Å². The van der Waals surface area contributed by atoms with Gasteiger partial charge in [0, 0.05) is 12.7 Å². The van der Waals surface area contributed by atoms with E-state index in [1.54, 1.807) is 17.1 Å². The summed E-state index contributed by atoms with van der Waals surface area (Å²) in [5.74, 6) is 0. The molecule has 0 aliphatic heterocycles. The third kappa shape index (κ3) is 3.38. The van der Waals surface area contributed by atoms with Crippen LogP contribution in [-0.4, -0.2) is 23.1 Å². The van der Waals surface area contributed by atoms with Crippen LogP contribution >= 0.6 is 22.6 Å². The van der Waals surface area contributed by atoms with Crippen molar-refractivity contribution in [2.24, 2.45) is 0 Å². The molecule has 0 unspecified atom stereocenters. The lowest BCUT2D eigenvalue weighted by atomic mass is 10.3. The van der Waals surface area contributed by atoms with Gasteiger partial charge in [-0.05, 0) is 49.0 Å². The minimum atomic E-state index is 0.0602. The van der Waals surface area contributed by atoms with Crippen LogP contribution in [0.4, 0.5) is 0 Å². The highest BCUT2D eigenvalue weighted by atomic mass is 127. The lowest BCUT2D eigenvalue weighted by Gasteiger charge is -2.04. The largest absolute Gasteiger partial charge is 0.320 e. The van der Waals surface area contributed by atoms with Crippen LogP contribution in [-0.2, 0) is 6.54 Å². The van der Waals surface area contributed by atoms with Crippen LogP contribution in [0.15, 0.2) is 17.3 Å². The van der Waals surface area contributed by atoms with Gasteiger partial charge in [0.15, 0.2) is 0 Å². The van der Waals surface area contributed by atoms with E-state index in [4.69, 9.17) is 0 Å². The van der Waals surface area contributed by atoms with Crippen molar-refractivity contribution in [3.8, 4) is 0 Å². The van der Waals surface area contributed by atoms with Crippen LogP contribution in [0.3, 0.4) is 0 Å². The topological polar surface area (TPSA) is 46.9 Å². The molecule has 0 aliphatic carbocycles. The third-order valence-electron chi connectivity index (χ3n) is 1.93. The average molecular weight is 307 g/mol. The van der Waals surface area contributed by atoms with Gasteiger partial charge in [0.25, 0.3) is 5.56 Å². The average Bonchev–Trinajstić information content (AvgIpc) is 2.19. The van der Waals surface area contributed by atoms with E-state index in [2.05, 4.69) is 10.3 Å². The molecule has 0 radical (unpaired) electrons. The first-order valence-corrected chi connectivity index (χ1v) is 5.68. The van der Waals surface area contributed by atoms with E-state index >= 15 is 0 Å². The Morgan fingerprint density at radius 1 is 1.57 bits per heavy atom. The fourth-order valence-electron chi connectivity index (χ4n) is 1.17. The first-order valence-electron chi connectivity index (χ1n) is 4.60. The summed E-state index contributed by atoms with van der Waals surface area (Å²) in [7, 11) is 1.93. The maximum Gasteiger partial charge on any atom is 0.266 e. The zero-order chi connectivity index (χ0) is 10.4. The molecule has 1 N–H and O–H groups in total. The van der Waals surface area contributed by atoms with Crippen molar-refractivity contribution in [2.75, 3.05) is 13.6 Å². The van der Waals surface area contributed by atoms with Gasteiger partial charge in [-0.3, -0.25) is 9.36 Å². The van der Waals surface area contributed by atoms with Crippen molar-refractivity contribution in [1.29, 1.82) is 0 Å². The van der Waals surface area contributed by atoms with Crippen molar-refractivity contribution in [3.63, 3.8) is 0 Å². The molecule has 0 saturated carbocycles. The van der Waals surface area contributed by atoms with Gasteiger partial charge in [-0.1, -0.05) is 0 Å². The van der Waals surface area contributed by atoms with E-state index in [1.165, 1.54) is 0 Å². The molecule has 1 aromatic heterocycles. The monoisotopic (exact) mass is 307 g/mol. The predicted octanol–water partition coefficient (Wildman–Crippen LogP) is 0.847. The van der Waals surface area contributed by atoms with Crippen molar-refractivity contribution in [3.05, 3.63) is 26.4 Å². The highest BCUT2D eigenvalue weighted by Gasteiger charge is 1.99. The fourth-order valence-corrected chi connectivity index (χ4v) is 1.64. The van der Waals surface area contributed by atoms with Crippen LogP contribution in [0.25, 0.3) is 0 Å². The van der Waals surface area contributed by atoms with Crippen molar-refractivity contribution >= 4 is 22.6 Å². The Morgan fingerprint density at radius 2 is 2.36 bits per heavy atom. The number of halogens is 1. The standard InChI is InChI=1S/C9H14IN3O/c1-11-4-2-3-5-13-7-12-6-8(10)9(13)14/h6-7,11H,2-5H2,1H3. The quantitative estimate of drug-likeness (QED) is 0.648. The van der Waals surface area contributed by atoms with E-state index in [1.807, 2.05) is 29.6 Å². The molecule has 0 spiro atoms. The normalized spacial score (nSPS) is 10.4. The van der Waals surface area contributed by atoms with Crippen LogP contribution in [0, 0.1) is 3.57 Å². The Balaban J connectivity index is 2.51. The maximum absolute atomic E-state index is 11.5. The lowest BCUT2D eigenvalue weighted by Crippen LogP contribution is -2.22. The molecule has 4 nitrogen and oxygen atoms in total. The van der Waals surface area contributed by atoms with Gasteiger partial charge < -0.3 is 5.32 Å². The van der Waals surface area contributed by atoms with E-state index in [-0.39, 0.29) is 5.56 Å².